The van der Waals surface area contributed by atoms with E-state index in [-0.39, 0.29) is 0 Å². The van der Waals surface area contributed by atoms with Crippen molar-refractivity contribution in [2.24, 2.45) is 0 Å². The van der Waals surface area contributed by atoms with Crippen molar-refractivity contribution in [2.75, 3.05) is 6.61 Å². The molecule has 3 aromatic rings. The Morgan fingerprint density at radius 2 is 0.930 bits per heavy atom. The lowest BCUT2D eigenvalue weighted by atomic mass is 9.56. The monoisotopic (exact) mass is 584 g/mol. The first-order chi connectivity index (χ1) is 21.1. The minimum Gasteiger partial charge on any atom is -0.394 e. The van der Waals surface area contributed by atoms with Crippen molar-refractivity contribution in [3.63, 3.8) is 0 Å². The van der Waals surface area contributed by atoms with Crippen molar-refractivity contribution in [3.05, 3.63) is 120 Å². The van der Waals surface area contributed by atoms with Gasteiger partial charge in [0.05, 0.1) is 12.0 Å². The number of hydrogen-bond acceptors (Lipinski definition) is 3. The van der Waals surface area contributed by atoms with Crippen LogP contribution in [0.25, 0.3) is 0 Å². The summed E-state index contributed by atoms with van der Waals surface area (Å²) >= 11 is 0. The van der Waals surface area contributed by atoms with E-state index in [1.54, 1.807) is 0 Å². The average Bonchev–Trinajstić information content (AvgIpc) is 3.06. The fourth-order valence-corrected chi connectivity index (χ4v) is 6.71. The molecule has 0 bridgehead atoms. The third kappa shape index (κ3) is 9.63. The predicted molar refractivity (Wildman–Crippen MR) is 181 cm³/mol. The van der Waals surface area contributed by atoms with Crippen LogP contribution in [0.1, 0.15) is 120 Å². The molecule has 0 amide bonds. The van der Waals surface area contributed by atoms with E-state index in [1.807, 2.05) is 91.0 Å². The molecule has 0 radical (unpaired) electrons. The second kappa shape index (κ2) is 19.5. The second-order valence-corrected chi connectivity index (χ2v) is 12.2. The zero-order chi connectivity index (χ0) is 30.6. The Hall–Kier alpha value is -2.72. The highest BCUT2D eigenvalue weighted by Crippen LogP contribution is 2.51. The van der Waals surface area contributed by atoms with Crippen molar-refractivity contribution < 1.29 is 15.3 Å². The minimum absolute atomic E-state index is 0.370. The normalized spacial score (nSPS) is 14.1. The van der Waals surface area contributed by atoms with Gasteiger partial charge in [0.15, 0.2) is 0 Å². The van der Waals surface area contributed by atoms with Gasteiger partial charge in [-0.15, -0.1) is 0 Å². The number of unbranched alkanes of at least 4 members (excludes halogenated alkanes) is 12. The third-order valence-electron chi connectivity index (χ3n) is 9.06. The summed E-state index contributed by atoms with van der Waals surface area (Å²) in [6.45, 7) is 1.75. The molecule has 234 valence electrons. The first-order valence-corrected chi connectivity index (χ1v) is 16.9. The molecule has 0 aliphatic heterocycles. The minimum atomic E-state index is -1.63. The number of benzene rings is 3. The summed E-state index contributed by atoms with van der Waals surface area (Å²) in [5.74, 6) is 0. The molecule has 0 aromatic heterocycles. The quantitative estimate of drug-likeness (QED) is 0.0626. The Bertz CT molecular complexity index is 1030. The Balaban J connectivity index is 1.63. The van der Waals surface area contributed by atoms with Gasteiger partial charge >= 0.3 is 0 Å². The van der Waals surface area contributed by atoms with Gasteiger partial charge < -0.3 is 15.3 Å². The third-order valence-corrected chi connectivity index (χ3v) is 9.06. The highest BCUT2D eigenvalue weighted by Gasteiger charge is 2.57. The Morgan fingerprint density at radius 3 is 1.33 bits per heavy atom. The van der Waals surface area contributed by atoms with Crippen LogP contribution in [0.3, 0.4) is 0 Å². The van der Waals surface area contributed by atoms with Crippen molar-refractivity contribution in [2.45, 2.75) is 120 Å². The molecule has 0 aliphatic carbocycles. The molecule has 0 saturated heterocycles. The van der Waals surface area contributed by atoms with Gasteiger partial charge in [0.1, 0.15) is 11.7 Å². The van der Waals surface area contributed by atoms with E-state index < -0.39 is 23.7 Å². The largest absolute Gasteiger partial charge is 0.394 e. The van der Waals surface area contributed by atoms with Crippen molar-refractivity contribution in [3.8, 4) is 0 Å². The van der Waals surface area contributed by atoms with Gasteiger partial charge in [-0.25, -0.2) is 0 Å². The SMILES string of the molecule is CCCCCCCC/C=C\CCCCCCCCC(O)([C@@H](O)CO)C(c1ccccc1)(c1ccccc1)c1ccccc1. The molecule has 0 saturated carbocycles. The van der Waals surface area contributed by atoms with Crippen LogP contribution in [-0.4, -0.2) is 33.6 Å². The van der Waals surface area contributed by atoms with Crippen molar-refractivity contribution >= 4 is 0 Å². The summed E-state index contributed by atoms with van der Waals surface area (Å²) in [6.07, 6.45) is 20.7. The van der Waals surface area contributed by atoms with Crippen LogP contribution in [0, 0.1) is 0 Å². The molecule has 3 nitrogen and oxygen atoms in total. The van der Waals surface area contributed by atoms with Gasteiger partial charge in [0.25, 0.3) is 0 Å². The highest BCUT2D eigenvalue weighted by molar-refractivity contribution is 5.54. The average molecular weight is 585 g/mol. The summed E-state index contributed by atoms with van der Waals surface area (Å²) < 4.78 is 0. The Labute approximate surface area is 261 Å². The van der Waals surface area contributed by atoms with Crippen LogP contribution in [0.5, 0.6) is 0 Å². The number of aliphatic hydroxyl groups excluding tert-OH is 2. The molecule has 3 heteroatoms. The number of rotatable bonds is 22. The lowest BCUT2D eigenvalue weighted by molar-refractivity contribution is -0.129. The maximum atomic E-state index is 12.7. The van der Waals surface area contributed by atoms with E-state index in [1.165, 1.54) is 64.2 Å². The van der Waals surface area contributed by atoms with E-state index in [0.29, 0.717) is 6.42 Å². The van der Waals surface area contributed by atoms with Gasteiger partial charge in [-0.1, -0.05) is 174 Å². The molecule has 1 unspecified atom stereocenters. The first-order valence-electron chi connectivity index (χ1n) is 16.9. The summed E-state index contributed by atoms with van der Waals surface area (Å²) in [7, 11) is 0. The number of allylic oxidation sites excluding steroid dienone is 2. The summed E-state index contributed by atoms with van der Waals surface area (Å²) in [5.41, 5.74) is -0.0151. The standard InChI is InChI=1S/C40H56O3/c1-2-3-4-5-6-7-8-9-10-11-12-13-14-15-16-26-33-39(43,38(42)34-41)40(35-27-20-17-21-28-35,36-29-22-18-23-30-36)37-31-24-19-25-32-37/h9-10,17-25,27-32,38,41-43H,2-8,11-16,26,33-34H2,1H3/b10-9-/t38-,39?/m0/s1. The van der Waals surface area contributed by atoms with Crippen LogP contribution in [0.15, 0.2) is 103 Å². The van der Waals surface area contributed by atoms with Crippen LogP contribution in [0.4, 0.5) is 0 Å². The maximum Gasteiger partial charge on any atom is 0.110 e. The smallest absolute Gasteiger partial charge is 0.110 e. The van der Waals surface area contributed by atoms with E-state index in [0.717, 1.165) is 42.4 Å². The van der Waals surface area contributed by atoms with Crippen molar-refractivity contribution in [1.82, 2.24) is 0 Å². The Kier molecular flexibility index (Phi) is 15.8. The van der Waals surface area contributed by atoms with E-state index in [4.69, 9.17) is 0 Å². The van der Waals surface area contributed by atoms with Gasteiger partial charge in [-0.05, 0) is 48.8 Å². The fourth-order valence-electron chi connectivity index (χ4n) is 6.71. The van der Waals surface area contributed by atoms with E-state index in [9.17, 15) is 15.3 Å². The van der Waals surface area contributed by atoms with Crippen molar-refractivity contribution in [1.29, 1.82) is 0 Å². The van der Waals surface area contributed by atoms with Crippen LogP contribution in [0.2, 0.25) is 0 Å². The molecular weight excluding hydrogens is 528 g/mol. The van der Waals surface area contributed by atoms with Gasteiger partial charge in [-0.3, -0.25) is 0 Å². The zero-order valence-corrected chi connectivity index (χ0v) is 26.5. The molecule has 2 atom stereocenters. The molecule has 43 heavy (non-hydrogen) atoms. The lowest BCUT2D eigenvalue weighted by Gasteiger charge is -2.51. The lowest BCUT2D eigenvalue weighted by Crippen LogP contribution is -2.61. The van der Waals surface area contributed by atoms with Gasteiger partial charge in [0, 0.05) is 0 Å². The van der Waals surface area contributed by atoms with Gasteiger partial charge in [-0.2, -0.15) is 0 Å². The van der Waals surface area contributed by atoms with Crippen LogP contribution >= 0.6 is 0 Å². The van der Waals surface area contributed by atoms with Crippen LogP contribution in [-0.2, 0) is 5.41 Å². The molecule has 0 spiro atoms. The predicted octanol–water partition coefficient (Wildman–Crippen LogP) is 9.53. The summed E-state index contributed by atoms with van der Waals surface area (Å²) in [5, 5.41) is 34.5. The highest BCUT2D eigenvalue weighted by atomic mass is 16.4. The topological polar surface area (TPSA) is 60.7 Å². The summed E-state index contributed by atoms with van der Waals surface area (Å²) in [6, 6.07) is 29.9. The molecule has 3 N–H and O–H groups in total. The maximum absolute atomic E-state index is 12.7. The van der Waals surface area contributed by atoms with E-state index in [2.05, 4.69) is 19.1 Å². The fraction of sp³-hybridized carbons (Fsp3) is 0.500. The number of aliphatic hydroxyl groups is 3. The first kappa shape index (κ1) is 34.8. The summed E-state index contributed by atoms with van der Waals surface area (Å²) in [4.78, 5) is 0. The number of hydrogen-bond donors (Lipinski definition) is 3. The molecule has 0 heterocycles. The molecule has 0 fully saturated rings. The van der Waals surface area contributed by atoms with Gasteiger partial charge in [0.2, 0.25) is 0 Å². The molecule has 3 rings (SSSR count). The molecule has 0 aliphatic rings. The second-order valence-electron chi connectivity index (χ2n) is 12.2. The molecule has 3 aromatic carbocycles. The zero-order valence-electron chi connectivity index (χ0n) is 26.5. The van der Waals surface area contributed by atoms with E-state index >= 15 is 0 Å². The molecular formula is C40H56O3. The van der Waals surface area contributed by atoms with Crippen LogP contribution < -0.4 is 0 Å². The Morgan fingerprint density at radius 1 is 0.558 bits per heavy atom.